The van der Waals surface area contributed by atoms with Crippen molar-refractivity contribution in [2.24, 2.45) is 0 Å². The highest BCUT2D eigenvalue weighted by Gasteiger charge is 2.14. The number of hydrogen-bond donors (Lipinski definition) is 4. The summed E-state index contributed by atoms with van der Waals surface area (Å²) in [6.07, 6.45) is 0. The van der Waals surface area contributed by atoms with Gasteiger partial charge >= 0.3 is 6.03 Å². The van der Waals surface area contributed by atoms with Crippen molar-refractivity contribution in [3.05, 3.63) is 0 Å². The smallest absolute Gasteiger partial charge is 0.321 e. The highest BCUT2D eigenvalue weighted by atomic mass is 16.2. The van der Waals surface area contributed by atoms with E-state index in [9.17, 15) is 14.4 Å². The molecule has 4 N–H and O–H groups in total. The summed E-state index contributed by atoms with van der Waals surface area (Å²) >= 11 is 0. The third-order valence-corrected chi connectivity index (χ3v) is 1.70. The maximum atomic E-state index is 11.2. The van der Waals surface area contributed by atoms with E-state index in [1.54, 1.807) is 6.92 Å². The van der Waals surface area contributed by atoms with Crippen LogP contribution in [0.3, 0.4) is 0 Å². The lowest BCUT2D eigenvalue weighted by Crippen LogP contribution is -2.49. The van der Waals surface area contributed by atoms with Crippen molar-refractivity contribution in [3.63, 3.8) is 0 Å². The van der Waals surface area contributed by atoms with Gasteiger partial charge in [0, 0.05) is 14.1 Å². The molecule has 0 radical (unpaired) electrons. The molecule has 7 heteroatoms. The number of hydrogen-bond acceptors (Lipinski definition) is 4. The molecule has 4 amide bonds. The van der Waals surface area contributed by atoms with Crippen molar-refractivity contribution in [1.82, 2.24) is 21.3 Å². The third kappa shape index (κ3) is 5.63. The largest absolute Gasteiger partial charge is 0.358 e. The summed E-state index contributed by atoms with van der Waals surface area (Å²) in [7, 11) is 2.91. The maximum absolute atomic E-state index is 11.2. The molecule has 0 heterocycles. The van der Waals surface area contributed by atoms with E-state index >= 15 is 0 Å². The van der Waals surface area contributed by atoms with E-state index in [1.807, 2.05) is 0 Å². The summed E-state index contributed by atoms with van der Waals surface area (Å²) in [4.78, 5) is 32.9. The molecular weight excluding hydrogens is 200 g/mol. The lowest BCUT2D eigenvalue weighted by atomic mass is 10.3. The Kier molecular flexibility index (Phi) is 6.03. The molecule has 0 rings (SSSR count). The van der Waals surface area contributed by atoms with Crippen LogP contribution in [0.4, 0.5) is 4.79 Å². The number of likely N-dealkylation sites (N-methyl/N-ethyl adjacent to an activating group) is 1. The van der Waals surface area contributed by atoms with Crippen molar-refractivity contribution in [2.45, 2.75) is 13.0 Å². The van der Waals surface area contributed by atoms with Crippen molar-refractivity contribution in [1.29, 1.82) is 0 Å². The Morgan fingerprint density at radius 2 is 1.73 bits per heavy atom. The standard InChI is InChI=1S/C8H16N4O3/c1-5(11-4-6(13)9-2)7(14)12-8(15)10-3/h5,11H,4H2,1-3H3,(H,9,13)(H2,10,12,14,15). The monoisotopic (exact) mass is 216 g/mol. The van der Waals surface area contributed by atoms with Crippen LogP contribution in [0, 0.1) is 0 Å². The molecule has 0 bridgehead atoms. The van der Waals surface area contributed by atoms with Gasteiger partial charge in [0.15, 0.2) is 0 Å². The fourth-order valence-corrected chi connectivity index (χ4v) is 0.710. The van der Waals surface area contributed by atoms with Gasteiger partial charge in [0.1, 0.15) is 0 Å². The minimum Gasteiger partial charge on any atom is -0.358 e. The number of nitrogens with one attached hydrogen (secondary N) is 4. The van der Waals surface area contributed by atoms with Gasteiger partial charge < -0.3 is 10.6 Å². The fourth-order valence-electron chi connectivity index (χ4n) is 0.710. The Labute approximate surface area is 88.0 Å². The van der Waals surface area contributed by atoms with Gasteiger partial charge in [-0.25, -0.2) is 4.79 Å². The van der Waals surface area contributed by atoms with Crippen LogP contribution >= 0.6 is 0 Å². The summed E-state index contributed by atoms with van der Waals surface area (Å²) in [6.45, 7) is 1.58. The first-order valence-electron chi connectivity index (χ1n) is 4.47. The first-order valence-corrected chi connectivity index (χ1v) is 4.47. The highest BCUT2D eigenvalue weighted by molar-refractivity contribution is 5.96. The molecule has 86 valence electrons. The molecule has 0 spiro atoms. The average Bonchev–Trinajstić information content (AvgIpc) is 2.24. The number of carbonyl (C=O) groups excluding carboxylic acids is 3. The van der Waals surface area contributed by atoms with Gasteiger partial charge in [-0.3, -0.25) is 20.2 Å². The van der Waals surface area contributed by atoms with Crippen LogP contribution in [0.2, 0.25) is 0 Å². The fraction of sp³-hybridized carbons (Fsp3) is 0.625. The van der Waals surface area contributed by atoms with Crippen LogP contribution in [0.15, 0.2) is 0 Å². The molecule has 0 aromatic rings. The molecule has 0 aromatic heterocycles. The molecule has 15 heavy (non-hydrogen) atoms. The molecule has 0 aliphatic heterocycles. The Bertz CT molecular complexity index is 254. The van der Waals surface area contributed by atoms with Crippen LogP contribution in [0.25, 0.3) is 0 Å². The molecule has 0 aliphatic rings. The Morgan fingerprint density at radius 3 is 2.20 bits per heavy atom. The van der Waals surface area contributed by atoms with Crippen molar-refractivity contribution in [2.75, 3.05) is 20.6 Å². The van der Waals surface area contributed by atoms with E-state index in [0.29, 0.717) is 0 Å². The van der Waals surface area contributed by atoms with Crippen molar-refractivity contribution >= 4 is 17.8 Å². The lowest BCUT2D eigenvalue weighted by Gasteiger charge is -2.12. The zero-order chi connectivity index (χ0) is 11.8. The first kappa shape index (κ1) is 13.4. The summed E-state index contributed by atoms with van der Waals surface area (Å²) in [5.74, 6) is -0.715. The Hall–Kier alpha value is -1.63. The van der Waals surface area contributed by atoms with Gasteiger partial charge in [-0.15, -0.1) is 0 Å². The molecule has 0 saturated heterocycles. The number of carbonyl (C=O) groups is 3. The van der Waals surface area contributed by atoms with E-state index in [1.165, 1.54) is 14.1 Å². The molecule has 1 atom stereocenters. The summed E-state index contributed by atoms with van der Waals surface area (Å²) in [6, 6.07) is -1.19. The second-order valence-corrected chi connectivity index (χ2v) is 2.84. The number of amides is 4. The van der Waals surface area contributed by atoms with E-state index in [4.69, 9.17) is 0 Å². The number of rotatable bonds is 4. The molecular formula is C8H16N4O3. The van der Waals surface area contributed by atoms with Gasteiger partial charge in [0.25, 0.3) is 0 Å². The van der Waals surface area contributed by atoms with Gasteiger partial charge in [-0.1, -0.05) is 0 Å². The van der Waals surface area contributed by atoms with Crippen LogP contribution in [-0.2, 0) is 9.59 Å². The van der Waals surface area contributed by atoms with Crippen LogP contribution in [-0.4, -0.2) is 44.5 Å². The van der Waals surface area contributed by atoms with Crippen molar-refractivity contribution in [3.8, 4) is 0 Å². The molecule has 0 aromatic carbocycles. The summed E-state index contributed by atoms with van der Waals surface area (Å²) in [5.41, 5.74) is 0. The molecule has 0 fully saturated rings. The number of imide groups is 1. The van der Waals surface area contributed by atoms with Gasteiger partial charge in [0.2, 0.25) is 11.8 Å². The van der Waals surface area contributed by atoms with E-state index in [2.05, 4.69) is 21.3 Å². The first-order chi connectivity index (χ1) is 7.01. The number of urea groups is 1. The van der Waals surface area contributed by atoms with Crippen molar-refractivity contribution < 1.29 is 14.4 Å². The minimum absolute atomic E-state index is 0.0266. The van der Waals surface area contributed by atoms with Crippen LogP contribution < -0.4 is 21.3 Å². The summed E-state index contributed by atoms with van der Waals surface area (Å²) in [5, 5.41) is 9.39. The van der Waals surface area contributed by atoms with Gasteiger partial charge in [-0.2, -0.15) is 0 Å². The van der Waals surface area contributed by atoms with Gasteiger partial charge in [0.05, 0.1) is 12.6 Å². The molecule has 0 saturated carbocycles. The normalized spacial score (nSPS) is 11.4. The molecule has 7 nitrogen and oxygen atoms in total. The molecule has 1 unspecified atom stereocenters. The average molecular weight is 216 g/mol. The predicted molar refractivity (Wildman–Crippen MR) is 54.1 cm³/mol. The molecule has 0 aliphatic carbocycles. The zero-order valence-electron chi connectivity index (χ0n) is 9.01. The maximum Gasteiger partial charge on any atom is 0.321 e. The SMILES string of the molecule is CNC(=O)CNC(C)C(=O)NC(=O)NC. The van der Waals surface area contributed by atoms with Crippen LogP contribution in [0.1, 0.15) is 6.92 Å². The Balaban J connectivity index is 3.89. The van der Waals surface area contributed by atoms with Crippen LogP contribution in [0.5, 0.6) is 0 Å². The second-order valence-electron chi connectivity index (χ2n) is 2.84. The predicted octanol–water partition coefficient (Wildman–Crippen LogP) is -1.83. The minimum atomic E-state index is -0.611. The second kappa shape index (κ2) is 6.77. The third-order valence-electron chi connectivity index (χ3n) is 1.70. The van der Waals surface area contributed by atoms with E-state index < -0.39 is 18.0 Å². The van der Waals surface area contributed by atoms with E-state index in [-0.39, 0.29) is 12.5 Å². The quantitative estimate of drug-likeness (QED) is 0.444. The Morgan fingerprint density at radius 1 is 1.13 bits per heavy atom. The van der Waals surface area contributed by atoms with Gasteiger partial charge in [-0.05, 0) is 6.92 Å². The van der Waals surface area contributed by atoms with E-state index in [0.717, 1.165) is 0 Å². The lowest BCUT2D eigenvalue weighted by molar-refractivity contribution is -0.122. The highest BCUT2D eigenvalue weighted by Crippen LogP contribution is 1.81. The topological polar surface area (TPSA) is 99.3 Å². The zero-order valence-corrected chi connectivity index (χ0v) is 9.01. The summed E-state index contributed by atoms with van der Waals surface area (Å²) < 4.78 is 0.